The van der Waals surface area contributed by atoms with Gasteiger partial charge in [0.05, 0.1) is 12.2 Å². The summed E-state index contributed by atoms with van der Waals surface area (Å²) in [6, 6.07) is 0. The van der Waals surface area contributed by atoms with Crippen molar-refractivity contribution in [3.05, 3.63) is 0 Å². The third kappa shape index (κ3) is 2.70. The van der Waals surface area contributed by atoms with Gasteiger partial charge in [-0.2, -0.15) is 0 Å². The van der Waals surface area contributed by atoms with E-state index in [4.69, 9.17) is 4.74 Å². The Bertz CT molecular complexity index is 57.1. The van der Waals surface area contributed by atoms with Gasteiger partial charge >= 0.3 is 0 Å². The van der Waals surface area contributed by atoms with Crippen LogP contribution in [-0.4, -0.2) is 12.2 Å². The van der Waals surface area contributed by atoms with Crippen LogP contribution in [0.25, 0.3) is 0 Å². The third-order valence-corrected chi connectivity index (χ3v) is 1.82. The minimum atomic E-state index is 0.597. The van der Waals surface area contributed by atoms with E-state index in [1.54, 1.807) is 0 Å². The Morgan fingerprint density at radius 2 is 1.40 bits per heavy atom. The van der Waals surface area contributed by atoms with Crippen LogP contribution in [0.1, 0.15) is 47.0 Å². The molecule has 0 saturated carbocycles. The smallest absolute Gasteiger partial charge is 0.0601 e. The fourth-order valence-electron chi connectivity index (χ4n) is 1.08. The van der Waals surface area contributed by atoms with Crippen LogP contribution in [0.15, 0.2) is 0 Å². The van der Waals surface area contributed by atoms with E-state index in [0.717, 1.165) is 0 Å². The van der Waals surface area contributed by atoms with Crippen LogP contribution in [0.4, 0.5) is 0 Å². The fourth-order valence-corrected chi connectivity index (χ4v) is 1.08. The number of rotatable bonds is 2. The van der Waals surface area contributed by atoms with Gasteiger partial charge in [-0.15, -0.1) is 0 Å². The second-order valence-electron chi connectivity index (χ2n) is 2.43. The van der Waals surface area contributed by atoms with E-state index in [2.05, 4.69) is 13.8 Å². The molecule has 1 heterocycles. The summed E-state index contributed by atoms with van der Waals surface area (Å²) in [6.45, 7) is 8.35. The van der Waals surface area contributed by atoms with Crippen LogP contribution in [0.5, 0.6) is 0 Å². The van der Waals surface area contributed by atoms with Crippen molar-refractivity contribution in [3.8, 4) is 0 Å². The zero-order valence-corrected chi connectivity index (χ0v) is 7.68. The molecule has 10 heavy (non-hydrogen) atoms. The molecular weight excluding hydrogens is 124 g/mol. The minimum Gasteiger partial charge on any atom is -0.375 e. The largest absolute Gasteiger partial charge is 0.375 e. The van der Waals surface area contributed by atoms with Gasteiger partial charge in [0.2, 0.25) is 0 Å². The highest BCUT2D eigenvalue weighted by Crippen LogP contribution is 2.24. The van der Waals surface area contributed by atoms with E-state index in [-0.39, 0.29) is 0 Å². The molecule has 1 rings (SSSR count). The van der Waals surface area contributed by atoms with Gasteiger partial charge in [-0.05, 0) is 19.3 Å². The molecule has 1 nitrogen and oxygen atoms in total. The molecule has 1 heteroatoms. The second kappa shape index (κ2) is 5.72. The van der Waals surface area contributed by atoms with E-state index in [1.807, 2.05) is 13.8 Å². The highest BCUT2D eigenvalue weighted by molar-refractivity contribution is 4.74. The molecule has 0 aromatic rings. The van der Waals surface area contributed by atoms with Gasteiger partial charge in [0.25, 0.3) is 0 Å². The zero-order chi connectivity index (χ0) is 7.98. The van der Waals surface area contributed by atoms with E-state index < -0.39 is 0 Å². The Hall–Kier alpha value is -0.0400. The molecule has 0 radical (unpaired) electrons. The van der Waals surface area contributed by atoms with Crippen molar-refractivity contribution in [3.63, 3.8) is 0 Å². The SMILES string of the molecule is CC.CCC1CC(CC)O1. The molecule has 0 bridgehead atoms. The minimum absolute atomic E-state index is 0.597. The summed E-state index contributed by atoms with van der Waals surface area (Å²) >= 11 is 0. The molecule has 2 atom stereocenters. The summed E-state index contributed by atoms with van der Waals surface area (Å²) < 4.78 is 5.44. The average Bonchev–Trinajstić information content (AvgIpc) is 1.91. The first-order valence-electron chi connectivity index (χ1n) is 4.52. The van der Waals surface area contributed by atoms with Gasteiger partial charge in [0, 0.05) is 0 Å². The molecule has 0 N–H and O–H groups in total. The van der Waals surface area contributed by atoms with Gasteiger partial charge in [-0.25, -0.2) is 0 Å². The summed E-state index contributed by atoms with van der Waals surface area (Å²) in [5, 5.41) is 0. The molecule has 0 spiro atoms. The molecule has 0 amide bonds. The molecule has 1 fully saturated rings. The van der Waals surface area contributed by atoms with Crippen LogP contribution in [0.2, 0.25) is 0 Å². The van der Waals surface area contributed by atoms with E-state index in [0.29, 0.717) is 12.2 Å². The van der Waals surface area contributed by atoms with E-state index in [9.17, 15) is 0 Å². The van der Waals surface area contributed by atoms with Gasteiger partial charge in [-0.3, -0.25) is 0 Å². The molecule has 2 unspecified atom stereocenters. The highest BCUT2D eigenvalue weighted by atomic mass is 16.5. The van der Waals surface area contributed by atoms with Gasteiger partial charge in [0.1, 0.15) is 0 Å². The van der Waals surface area contributed by atoms with Crippen LogP contribution < -0.4 is 0 Å². The van der Waals surface area contributed by atoms with Crippen LogP contribution >= 0.6 is 0 Å². The maximum atomic E-state index is 5.44. The molecule has 1 aliphatic heterocycles. The summed E-state index contributed by atoms with van der Waals surface area (Å²) in [7, 11) is 0. The van der Waals surface area contributed by atoms with Crippen LogP contribution in [0.3, 0.4) is 0 Å². The first-order chi connectivity index (χ1) is 4.86. The Labute approximate surface area is 64.8 Å². The lowest BCUT2D eigenvalue weighted by molar-refractivity contribution is -0.125. The number of ether oxygens (including phenoxy) is 1. The van der Waals surface area contributed by atoms with Crippen molar-refractivity contribution in [2.45, 2.75) is 59.2 Å². The summed E-state index contributed by atoms with van der Waals surface area (Å²) in [4.78, 5) is 0. The Morgan fingerprint density at radius 3 is 1.60 bits per heavy atom. The average molecular weight is 144 g/mol. The predicted octanol–water partition coefficient (Wildman–Crippen LogP) is 2.99. The Kier molecular flexibility index (Phi) is 5.70. The molecule has 0 aliphatic carbocycles. The molecule has 1 aliphatic rings. The quantitative estimate of drug-likeness (QED) is 0.579. The summed E-state index contributed by atoms with van der Waals surface area (Å²) in [5.74, 6) is 0. The molecular formula is C9H20O. The number of hydrogen-bond acceptors (Lipinski definition) is 1. The maximum absolute atomic E-state index is 5.44. The monoisotopic (exact) mass is 144 g/mol. The first kappa shape index (κ1) is 9.96. The topological polar surface area (TPSA) is 9.23 Å². The lowest BCUT2D eigenvalue weighted by atomic mass is 10.0. The zero-order valence-electron chi connectivity index (χ0n) is 7.68. The first-order valence-corrected chi connectivity index (χ1v) is 4.52. The van der Waals surface area contributed by atoms with E-state index in [1.165, 1.54) is 19.3 Å². The van der Waals surface area contributed by atoms with Crippen molar-refractivity contribution in [2.75, 3.05) is 0 Å². The predicted molar refractivity (Wildman–Crippen MR) is 45.2 cm³/mol. The van der Waals surface area contributed by atoms with Gasteiger partial charge in [-0.1, -0.05) is 27.7 Å². The normalized spacial score (nSPS) is 30.0. The van der Waals surface area contributed by atoms with Crippen molar-refractivity contribution >= 4 is 0 Å². The van der Waals surface area contributed by atoms with Crippen molar-refractivity contribution in [2.24, 2.45) is 0 Å². The van der Waals surface area contributed by atoms with Gasteiger partial charge < -0.3 is 4.74 Å². The molecule has 0 aromatic heterocycles. The molecule has 0 aromatic carbocycles. The van der Waals surface area contributed by atoms with Gasteiger partial charge in [0.15, 0.2) is 0 Å². The van der Waals surface area contributed by atoms with Crippen molar-refractivity contribution in [1.82, 2.24) is 0 Å². The van der Waals surface area contributed by atoms with Crippen molar-refractivity contribution in [1.29, 1.82) is 0 Å². The Morgan fingerprint density at radius 1 is 1.10 bits per heavy atom. The standard InChI is InChI=1S/C7H14O.C2H6/c1-3-6-5-7(4-2)8-6;1-2/h6-7H,3-5H2,1-2H3;1-2H3. The summed E-state index contributed by atoms with van der Waals surface area (Å²) in [6.07, 6.45) is 4.87. The third-order valence-electron chi connectivity index (χ3n) is 1.82. The summed E-state index contributed by atoms with van der Waals surface area (Å²) in [5.41, 5.74) is 0. The lowest BCUT2D eigenvalue weighted by Gasteiger charge is -2.34. The number of hydrogen-bond donors (Lipinski definition) is 0. The highest BCUT2D eigenvalue weighted by Gasteiger charge is 2.25. The maximum Gasteiger partial charge on any atom is 0.0601 e. The lowest BCUT2D eigenvalue weighted by Crippen LogP contribution is -2.35. The van der Waals surface area contributed by atoms with E-state index >= 15 is 0 Å². The second-order valence-corrected chi connectivity index (χ2v) is 2.43. The molecule has 62 valence electrons. The van der Waals surface area contributed by atoms with Crippen LogP contribution in [0, 0.1) is 0 Å². The Balaban J connectivity index is 0.000000371. The molecule has 1 saturated heterocycles. The fraction of sp³-hybridized carbons (Fsp3) is 1.00. The van der Waals surface area contributed by atoms with Crippen LogP contribution in [-0.2, 0) is 4.74 Å². The van der Waals surface area contributed by atoms with Crippen molar-refractivity contribution < 1.29 is 4.74 Å².